The fraction of sp³-hybridized carbons (Fsp3) is 0.278. The standard InChI is InChI=1S/C36H33N3O6/c1-3-8-21-9-7-12-26(31(21)40)30-24-17-18-25-29(34(43)39(45)32(25)41)27(24)19-28-33(42)38(37-23-15-13-20(2)14-16-23)35(44)36(28,30)22-10-5-4-6-11-22/h3-7,9-17,25,27-30,37,40,45H,1,8,18-19H2,2H3/t25-,27+,28-,29-,30+,36+/m0/s1. The van der Waals surface area contributed by atoms with Crippen LogP contribution in [0.4, 0.5) is 5.69 Å². The van der Waals surface area contributed by atoms with Gasteiger partial charge in [-0.1, -0.05) is 84.0 Å². The van der Waals surface area contributed by atoms with E-state index in [9.17, 15) is 24.7 Å². The smallest absolute Gasteiger partial charge is 0.260 e. The second-order valence-electron chi connectivity index (χ2n) is 12.4. The molecule has 4 amide bonds. The number of nitrogens with zero attached hydrogens (tertiary/aromatic N) is 2. The predicted molar refractivity (Wildman–Crippen MR) is 164 cm³/mol. The number of anilines is 1. The number of benzene rings is 3. The molecule has 2 heterocycles. The lowest BCUT2D eigenvalue weighted by atomic mass is 9.49. The molecule has 3 aromatic rings. The van der Waals surface area contributed by atoms with Crippen molar-refractivity contribution in [2.75, 3.05) is 5.43 Å². The molecule has 3 aromatic carbocycles. The number of aryl methyl sites for hydroxylation is 1. The van der Waals surface area contributed by atoms with Gasteiger partial charge in [-0.05, 0) is 55.4 Å². The van der Waals surface area contributed by atoms with E-state index in [1.165, 1.54) is 0 Å². The molecule has 0 aromatic heterocycles. The van der Waals surface area contributed by atoms with Gasteiger partial charge in [-0.25, -0.2) is 0 Å². The Morgan fingerprint density at radius 3 is 2.38 bits per heavy atom. The summed E-state index contributed by atoms with van der Waals surface area (Å²) in [5.41, 5.74) is 5.52. The number of carbonyl (C=O) groups excluding carboxylic acids is 4. The van der Waals surface area contributed by atoms with Gasteiger partial charge in [-0.15, -0.1) is 6.58 Å². The lowest BCUT2D eigenvalue weighted by Gasteiger charge is -2.50. The molecular formula is C36H33N3O6. The number of nitrogens with one attached hydrogen (secondary N) is 1. The monoisotopic (exact) mass is 603 g/mol. The summed E-state index contributed by atoms with van der Waals surface area (Å²) in [5, 5.41) is 23.4. The van der Waals surface area contributed by atoms with Crippen molar-refractivity contribution < 1.29 is 29.5 Å². The minimum absolute atomic E-state index is 0.0112. The topological polar surface area (TPSA) is 127 Å². The minimum Gasteiger partial charge on any atom is -0.507 e. The van der Waals surface area contributed by atoms with Crippen LogP contribution in [-0.4, -0.2) is 44.0 Å². The van der Waals surface area contributed by atoms with E-state index in [1.807, 2.05) is 55.5 Å². The van der Waals surface area contributed by atoms with Gasteiger partial charge in [0, 0.05) is 11.5 Å². The number of hydroxylamine groups is 2. The van der Waals surface area contributed by atoms with Crippen LogP contribution in [0, 0.1) is 30.6 Å². The highest BCUT2D eigenvalue weighted by atomic mass is 16.5. The number of hydrogen-bond acceptors (Lipinski definition) is 7. The second-order valence-corrected chi connectivity index (χ2v) is 12.4. The number of phenols is 1. The van der Waals surface area contributed by atoms with E-state index in [2.05, 4.69) is 12.0 Å². The van der Waals surface area contributed by atoms with Gasteiger partial charge < -0.3 is 5.11 Å². The molecule has 45 heavy (non-hydrogen) atoms. The number of carbonyl (C=O) groups is 4. The van der Waals surface area contributed by atoms with Gasteiger partial charge in [-0.3, -0.25) is 29.8 Å². The highest BCUT2D eigenvalue weighted by Gasteiger charge is 2.70. The predicted octanol–water partition coefficient (Wildman–Crippen LogP) is 4.80. The van der Waals surface area contributed by atoms with Gasteiger partial charge in [0.2, 0.25) is 0 Å². The Bertz CT molecular complexity index is 1780. The number of imide groups is 2. The Hall–Kier alpha value is -5.02. The highest BCUT2D eigenvalue weighted by molar-refractivity contribution is 6.13. The zero-order chi connectivity index (χ0) is 31.6. The first-order valence-corrected chi connectivity index (χ1v) is 15.2. The molecule has 2 aliphatic carbocycles. The Labute approximate surface area is 260 Å². The second kappa shape index (κ2) is 10.6. The van der Waals surface area contributed by atoms with Crippen molar-refractivity contribution >= 4 is 29.3 Å². The summed E-state index contributed by atoms with van der Waals surface area (Å²) in [6, 6.07) is 21.8. The fourth-order valence-corrected chi connectivity index (χ4v) is 8.24. The number of hydrogen-bond donors (Lipinski definition) is 3. The van der Waals surface area contributed by atoms with Gasteiger partial charge in [0.05, 0.1) is 28.9 Å². The molecule has 228 valence electrons. The van der Waals surface area contributed by atoms with Crippen LogP contribution in [0.3, 0.4) is 0 Å². The number of rotatable bonds is 6. The van der Waals surface area contributed by atoms with Crippen molar-refractivity contribution in [1.82, 2.24) is 10.1 Å². The summed E-state index contributed by atoms with van der Waals surface area (Å²) in [4.78, 5) is 55.9. The van der Waals surface area contributed by atoms with E-state index in [0.717, 1.165) is 10.6 Å². The summed E-state index contributed by atoms with van der Waals surface area (Å²) in [5.74, 6) is -6.40. The number of para-hydroxylation sites is 1. The molecule has 2 aliphatic heterocycles. The first-order valence-electron chi connectivity index (χ1n) is 15.2. The zero-order valence-electron chi connectivity index (χ0n) is 24.7. The van der Waals surface area contributed by atoms with Crippen LogP contribution in [-0.2, 0) is 31.0 Å². The van der Waals surface area contributed by atoms with E-state index in [1.54, 1.807) is 36.4 Å². The van der Waals surface area contributed by atoms with E-state index in [4.69, 9.17) is 0 Å². The molecule has 6 atom stereocenters. The lowest BCUT2D eigenvalue weighted by Crippen LogP contribution is -2.53. The van der Waals surface area contributed by atoms with Gasteiger partial charge in [0.25, 0.3) is 23.6 Å². The maximum absolute atomic E-state index is 15.1. The Kier molecular flexibility index (Phi) is 6.74. The molecule has 0 radical (unpaired) electrons. The van der Waals surface area contributed by atoms with Crippen LogP contribution >= 0.6 is 0 Å². The summed E-state index contributed by atoms with van der Waals surface area (Å²) in [6.07, 6.45) is 4.23. The summed E-state index contributed by atoms with van der Waals surface area (Å²) >= 11 is 0. The Balaban J connectivity index is 1.49. The van der Waals surface area contributed by atoms with Crippen molar-refractivity contribution in [2.24, 2.45) is 23.7 Å². The van der Waals surface area contributed by atoms with Gasteiger partial charge in [-0.2, -0.15) is 10.1 Å². The lowest BCUT2D eigenvalue weighted by molar-refractivity contribution is -0.173. The summed E-state index contributed by atoms with van der Waals surface area (Å²) in [7, 11) is 0. The molecule has 2 saturated heterocycles. The van der Waals surface area contributed by atoms with Crippen LogP contribution in [0.15, 0.2) is 97.1 Å². The maximum Gasteiger partial charge on any atom is 0.260 e. The molecule has 3 N–H and O–H groups in total. The quantitative estimate of drug-likeness (QED) is 0.210. The van der Waals surface area contributed by atoms with Crippen molar-refractivity contribution in [3.05, 3.63) is 119 Å². The van der Waals surface area contributed by atoms with Crippen molar-refractivity contribution in [3.63, 3.8) is 0 Å². The van der Waals surface area contributed by atoms with Gasteiger partial charge >= 0.3 is 0 Å². The third kappa shape index (κ3) is 4.03. The SMILES string of the molecule is C=CCc1cccc([C@H]2C3=CC[C@@H]4C(=O)N(O)C(=O)[C@@H]4[C@@H]3C[C@H]3C(=O)N(Nc4ccc(C)cc4)C(=O)[C@@]23c2ccccc2)c1O. The van der Waals surface area contributed by atoms with Gasteiger partial charge in [0.15, 0.2) is 0 Å². The van der Waals surface area contributed by atoms with E-state index in [0.29, 0.717) is 34.4 Å². The third-order valence-electron chi connectivity index (χ3n) is 10.2. The molecule has 0 spiro atoms. The van der Waals surface area contributed by atoms with Crippen LogP contribution < -0.4 is 5.43 Å². The molecule has 4 aliphatic rings. The first kappa shape index (κ1) is 28.7. The maximum atomic E-state index is 15.1. The average Bonchev–Trinajstić information content (AvgIpc) is 3.40. The average molecular weight is 604 g/mol. The largest absolute Gasteiger partial charge is 0.507 e. The zero-order valence-corrected chi connectivity index (χ0v) is 24.7. The number of aromatic hydroxyl groups is 1. The molecule has 3 fully saturated rings. The molecular weight excluding hydrogens is 570 g/mol. The number of amides is 4. The van der Waals surface area contributed by atoms with Crippen molar-refractivity contribution in [1.29, 1.82) is 0 Å². The molecule has 9 nitrogen and oxygen atoms in total. The Morgan fingerprint density at radius 1 is 0.933 bits per heavy atom. The first-order chi connectivity index (χ1) is 21.7. The van der Waals surface area contributed by atoms with Crippen molar-refractivity contribution in [3.8, 4) is 5.75 Å². The number of phenolic OH excluding ortho intramolecular Hbond substituents is 1. The summed E-state index contributed by atoms with van der Waals surface area (Å²) in [6.45, 7) is 5.76. The highest BCUT2D eigenvalue weighted by Crippen LogP contribution is 2.64. The Morgan fingerprint density at radius 2 is 1.67 bits per heavy atom. The van der Waals surface area contributed by atoms with Crippen LogP contribution in [0.2, 0.25) is 0 Å². The molecule has 0 bridgehead atoms. The summed E-state index contributed by atoms with van der Waals surface area (Å²) < 4.78 is 0. The number of hydrazine groups is 1. The minimum atomic E-state index is -1.49. The van der Waals surface area contributed by atoms with Gasteiger partial charge in [0.1, 0.15) is 5.75 Å². The normalized spacial score (nSPS) is 28.8. The van der Waals surface area contributed by atoms with E-state index in [-0.39, 0.29) is 23.7 Å². The molecule has 0 unspecified atom stereocenters. The van der Waals surface area contributed by atoms with Crippen LogP contribution in [0.5, 0.6) is 5.75 Å². The molecule has 1 saturated carbocycles. The van der Waals surface area contributed by atoms with Crippen molar-refractivity contribution in [2.45, 2.75) is 37.5 Å². The third-order valence-corrected chi connectivity index (χ3v) is 10.2. The molecule has 9 heteroatoms. The van der Waals surface area contributed by atoms with Crippen LogP contribution in [0.1, 0.15) is 41.0 Å². The molecule has 7 rings (SSSR count). The van der Waals surface area contributed by atoms with E-state index < -0.39 is 58.6 Å². The van der Waals surface area contributed by atoms with Crippen LogP contribution in [0.25, 0.3) is 0 Å². The fourth-order valence-electron chi connectivity index (χ4n) is 8.24. The number of fused-ring (bicyclic) bond motifs is 4. The van der Waals surface area contributed by atoms with E-state index >= 15 is 4.79 Å². The number of allylic oxidation sites excluding steroid dienone is 3.